The van der Waals surface area contributed by atoms with Crippen LogP contribution in [0.5, 0.6) is 11.5 Å². The number of hydrogen-bond donors (Lipinski definition) is 5. The number of rotatable bonds is 2. The van der Waals surface area contributed by atoms with Crippen molar-refractivity contribution < 1.29 is 69.4 Å². The zero-order chi connectivity index (χ0) is 47.2. The Bertz CT molecular complexity index is 3170. The summed E-state index contributed by atoms with van der Waals surface area (Å²) in [6, 6.07) is 25.9. The molecule has 3 heterocycles. The SMILES string of the molecule is CCO.Nc1ccc2c(=O)c3ccc(O)cc3oc2c1.Nc1ccc2c(=O)c3ccc([N+](=O)[O-])cc3oc2c1.O=N[O-].O=c1c2ccc(O)cc2oc2cc([N+](=O)[O-])ccc12.[2HH].[Cl][Sn][Cl].[Na+]. The van der Waals surface area contributed by atoms with E-state index in [0.717, 1.165) is 5.34 Å². The molecule has 65 heavy (non-hydrogen) atoms. The molecule has 9 aromatic rings. The Morgan fingerprint density at radius 3 is 1.09 bits per heavy atom. The minimum Gasteiger partial charge on any atom is 1.00 e. The molecule has 0 fully saturated rings. The molecule has 0 spiro atoms. The monoisotopic (exact) mass is 1050 g/mol. The van der Waals surface area contributed by atoms with E-state index in [1.54, 1.807) is 43.3 Å². The van der Waals surface area contributed by atoms with Crippen molar-refractivity contribution in [2.45, 2.75) is 6.92 Å². The third-order valence-corrected chi connectivity index (χ3v) is 8.42. The van der Waals surface area contributed by atoms with Gasteiger partial charge < -0.3 is 50.2 Å². The molecule has 0 saturated heterocycles. The first-order chi connectivity index (χ1) is 30.5. The first-order valence-electron chi connectivity index (χ1n) is 17.7. The van der Waals surface area contributed by atoms with Crippen molar-refractivity contribution >= 4 is 125 Å². The maximum absolute atomic E-state index is 12.2. The van der Waals surface area contributed by atoms with Gasteiger partial charge in [0.05, 0.1) is 54.3 Å². The summed E-state index contributed by atoms with van der Waals surface area (Å²) < 4.78 is 16.5. The normalized spacial score (nSPS) is 10.0. The van der Waals surface area contributed by atoms with Crippen molar-refractivity contribution in [3.63, 3.8) is 0 Å². The summed E-state index contributed by atoms with van der Waals surface area (Å²) in [6.07, 6.45) is 0. The Labute approximate surface area is 403 Å². The Balaban J connectivity index is 0.000000307. The molecule has 0 unspecified atom stereocenters. The average molecular weight is 1050 g/mol. The number of aromatic hydroxyl groups is 2. The van der Waals surface area contributed by atoms with E-state index in [0.29, 0.717) is 55.1 Å². The number of phenols is 2. The van der Waals surface area contributed by atoms with E-state index in [-0.39, 0.29) is 98.9 Å². The second-order valence-electron chi connectivity index (χ2n) is 12.5. The fourth-order valence-corrected chi connectivity index (χ4v) is 5.77. The second kappa shape index (κ2) is 24.5. The molecule has 0 aliphatic rings. The van der Waals surface area contributed by atoms with E-state index in [4.69, 9.17) is 57.8 Å². The number of anilines is 2. The van der Waals surface area contributed by atoms with Crippen LogP contribution >= 0.6 is 17.8 Å². The summed E-state index contributed by atoms with van der Waals surface area (Å²) in [5.41, 5.74) is 12.9. The molecular weight excluding hydrogens is 1020 g/mol. The van der Waals surface area contributed by atoms with Gasteiger partial charge in [0, 0.05) is 55.8 Å². The quantitative estimate of drug-likeness (QED) is 0.0345. The predicted octanol–water partition coefficient (Wildman–Crippen LogP) is 5.73. The molecule has 3 aromatic heterocycles. The maximum Gasteiger partial charge on any atom is 1.00 e. The predicted molar refractivity (Wildman–Crippen MR) is 247 cm³/mol. The zero-order valence-electron chi connectivity index (χ0n) is 33.6. The van der Waals surface area contributed by atoms with E-state index < -0.39 is 28.7 Å². The molecule has 2 radical (unpaired) electrons. The number of non-ortho nitro benzene ring substituents is 2. The average Bonchev–Trinajstić information content (AvgIpc) is 3.24. The van der Waals surface area contributed by atoms with Crippen LogP contribution in [0.4, 0.5) is 22.7 Å². The zero-order valence-corrected chi connectivity index (χ0v) is 40.0. The van der Waals surface area contributed by atoms with Crippen molar-refractivity contribution in [1.29, 1.82) is 0 Å². The van der Waals surface area contributed by atoms with Crippen molar-refractivity contribution in [1.82, 2.24) is 0 Å². The van der Waals surface area contributed by atoms with Crippen LogP contribution < -0.4 is 57.3 Å². The number of nitrogens with two attached hydrogens (primary N) is 2. The Hall–Kier alpha value is -6.53. The van der Waals surface area contributed by atoms with Crippen molar-refractivity contribution in [3.8, 4) is 11.5 Å². The molecule has 330 valence electrons. The number of nitrogens with zero attached hydrogens (tertiary/aromatic N) is 3. The number of nitro benzene ring substituents is 2. The number of benzene rings is 6. The molecule has 0 aliphatic carbocycles. The largest absolute Gasteiger partial charge is 1.00 e. The molecular formula is C41H32Cl2N5NaO15Sn. The van der Waals surface area contributed by atoms with Gasteiger partial charge in [-0.2, -0.15) is 0 Å². The standard InChI is InChI=1S/C13H8N2O4.C13H7NO5.C13H9NO3.C2H6O.2ClH.HNO2.Na.Sn.H2/c14-7-1-3-9-11(5-7)19-12-6-8(15(17)18)2-4-10(12)13(9)16;15-8-2-4-10-12(6-8)19-11-5-7(14(17)18)1-3-9(11)13(10)16;14-7-1-3-9-11(5-7)17-12-6-8(15)2-4-10(12)13(9)16;1-2-3;;;2-1-3;;;/h1-6H,14H2;1-6,15H;1-6,15H,14H2;3H,2H2,1H3;2*1H;(H,2,3);;;1H/q;;;;;;;+1;+2;/p-3/i;;;;;;;;;1+1. The van der Waals surface area contributed by atoms with Crippen LogP contribution in [-0.4, -0.2) is 50.7 Å². The van der Waals surface area contributed by atoms with Gasteiger partial charge in [0.2, 0.25) is 16.3 Å². The number of nitrogen functional groups attached to an aromatic ring is 2. The number of halogens is 2. The van der Waals surface area contributed by atoms with Gasteiger partial charge in [-0.25, -0.2) is 0 Å². The summed E-state index contributed by atoms with van der Waals surface area (Å²) in [4.78, 5) is 64.8. The maximum atomic E-state index is 12.2. The minimum absolute atomic E-state index is 0. The van der Waals surface area contributed by atoms with Gasteiger partial charge >= 0.3 is 66.3 Å². The number of phenolic OH excluding ortho intramolecular Hbond substituents is 2. The van der Waals surface area contributed by atoms with Gasteiger partial charge in [-0.1, -0.05) is 0 Å². The number of nitro groups is 2. The molecule has 0 amide bonds. The van der Waals surface area contributed by atoms with E-state index >= 15 is 0 Å². The van der Waals surface area contributed by atoms with Crippen molar-refractivity contribution in [3.05, 3.63) is 170 Å². The Morgan fingerprint density at radius 1 is 0.585 bits per heavy atom. The van der Waals surface area contributed by atoms with Crippen LogP contribution in [0.2, 0.25) is 0 Å². The van der Waals surface area contributed by atoms with E-state index in [1.165, 1.54) is 72.8 Å². The van der Waals surface area contributed by atoms with E-state index in [1.807, 2.05) is 0 Å². The number of fused-ring (bicyclic) bond motifs is 6. The summed E-state index contributed by atoms with van der Waals surface area (Å²) in [6.45, 7) is 1.93. The van der Waals surface area contributed by atoms with Crippen LogP contribution in [0.15, 0.2) is 142 Å². The van der Waals surface area contributed by atoms with E-state index in [2.05, 4.69) is 0 Å². The topological polar surface area (TPSA) is 342 Å². The third-order valence-electron chi connectivity index (χ3n) is 8.42. The van der Waals surface area contributed by atoms with Crippen LogP contribution in [-0.2, 0) is 0 Å². The second-order valence-corrected chi connectivity index (χ2v) is 16.7. The van der Waals surface area contributed by atoms with Gasteiger partial charge in [-0.15, -0.1) is 5.34 Å². The van der Waals surface area contributed by atoms with Crippen LogP contribution in [0, 0.1) is 30.3 Å². The molecule has 0 saturated carbocycles. The number of hydrogen-bond acceptors (Lipinski definition) is 18. The van der Waals surface area contributed by atoms with Crippen LogP contribution in [0.25, 0.3) is 65.8 Å². The van der Waals surface area contributed by atoms with Crippen LogP contribution in [0.3, 0.4) is 0 Å². The summed E-state index contributed by atoms with van der Waals surface area (Å²) in [7, 11) is 9.87. The summed E-state index contributed by atoms with van der Waals surface area (Å²) >= 11 is -0.826. The molecule has 20 nitrogen and oxygen atoms in total. The molecule has 9 rings (SSSR count). The van der Waals surface area contributed by atoms with Gasteiger partial charge in [-0.05, 0) is 67.6 Å². The van der Waals surface area contributed by atoms with Gasteiger partial charge in [-0.3, -0.25) is 34.6 Å². The minimum atomic E-state index is -0.826. The van der Waals surface area contributed by atoms with Gasteiger partial charge in [0.25, 0.3) is 11.4 Å². The van der Waals surface area contributed by atoms with Crippen molar-refractivity contribution in [2.75, 3.05) is 18.1 Å². The van der Waals surface area contributed by atoms with Crippen LogP contribution in [0.1, 0.15) is 8.35 Å². The molecule has 0 bridgehead atoms. The fraction of sp³-hybridized carbons (Fsp3) is 0.0488. The molecule has 0 atom stereocenters. The fourth-order valence-electron chi connectivity index (χ4n) is 5.77. The third kappa shape index (κ3) is 13.3. The van der Waals surface area contributed by atoms with Gasteiger partial charge in [0.15, 0.2) is 0 Å². The number of aliphatic hydroxyl groups excluding tert-OH is 1. The molecule has 24 heteroatoms. The summed E-state index contributed by atoms with van der Waals surface area (Å²) in [5.74, 6) is 0.0179. The molecule has 7 N–H and O–H groups in total. The van der Waals surface area contributed by atoms with Gasteiger partial charge in [0.1, 0.15) is 45.0 Å². The molecule has 6 aromatic carbocycles. The number of aliphatic hydroxyl groups is 1. The summed E-state index contributed by atoms with van der Waals surface area (Å²) in [5, 5.41) is 58.9. The van der Waals surface area contributed by atoms with E-state index in [9.17, 15) is 44.8 Å². The Kier molecular flexibility index (Phi) is 19.9. The smallest absolute Gasteiger partial charge is 1.00 e. The molecule has 0 aliphatic heterocycles. The van der Waals surface area contributed by atoms with Crippen molar-refractivity contribution in [2.24, 2.45) is 5.34 Å². The first-order valence-corrected chi connectivity index (χ1v) is 25.0. The first kappa shape index (κ1) is 52.8. The Morgan fingerprint density at radius 2 is 0.815 bits per heavy atom.